The Morgan fingerprint density at radius 2 is 1.56 bits per heavy atom. The summed E-state index contributed by atoms with van der Waals surface area (Å²) in [6.07, 6.45) is 1.43. The van der Waals surface area contributed by atoms with Crippen LogP contribution < -0.4 is 0 Å². The predicted molar refractivity (Wildman–Crippen MR) is 116 cm³/mol. The zero-order chi connectivity index (χ0) is 24.1. The Balaban J connectivity index is 2.95. The van der Waals surface area contributed by atoms with E-state index < -0.39 is 24.1 Å². The molecule has 1 rings (SSSR count). The van der Waals surface area contributed by atoms with Gasteiger partial charge in [-0.2, -0.15) is 0 Å². The van der Waals surface area contributed by atoms with E-state index in [1.165, 1.54) is 12.0 Å². The monoisotopic (exact) mass is 456 g/mol. The van der Waals surface area contributed by atoms with Crippen LogP contribution in [0, 0.1) is 5.92 Å². The number of carbonyl (C=O) groups excluding carboxylic acids is 4. The lowest BCUT2D eigenvalue weighted by atomic mass is 10.1. The Bertz CT molecular complexity index is 654. The Labute approximate surface area is 189 Å². The third-order valence-corrected chi connectivity index (χ3v) is 4.90. The van der Waals surface area contributed by atoms with Crippen molar-refractivity contribution in [2.75, 3.05) is 53.2 Å². The van der Waals surface area contributed by atoms with Crippen LogP contribution >= 0.6 is 0 Å². The summed E-state index contributed by atoms with van der Waals surface area (Å²) in [5, 5.41) is 0. The molecule has 0 radical (unpaired) electrons. The van der Waals surface area contributed by atoms with E-state index in [4.69, 9.17) is 14.2 Å². The molecule has 1 aliphatic heterocycles. The molecular formula is C22H36N2O8. The minimum atomic E-state index is -0.754. The average Bonchev–Trinajstić information content (AvgIpc) is 3.18. The first-order chi connectivity index (χ1) is 15.2. The zero-order valence-corrected chi connectivity index (χ0v) is 19.7. The van der Waals surface area contributed by atoms with Gasteiger partial charge in [-0.05, 0) is 13.8 Å². The fourth-order valence-electron chi connectivity index (χ4n) is 3.28. The van der Waals surface area contributed by atoms with E-state index in [-0.39, 0.29) is 30.7 Å². The smallest absolute Gasteiger partial charge is 0.331 e. The summed E-state index contributed by atoms with van der Waals surface area (Å²) in [7, 11) is 1.20. The molecule has 1 heterocycles. The van der Waals surface area contributed by atoms with E-state index >= 15 is 0 Å². The van der Waals surface area contributed by atoms with Gasteiger partial charge in [0.15, 0.2) is 0 Å². The molecule has 2 atom stereocenters. The first kappa shape index (κ1) is 27.6. The van der Waals surface area contributed by atoms with Crippen LogP contribution in [0.1, 0.15) is 34.1 Å². The van der Waals surface area contributed by atoms with Crippen LogP contribution in [0.5, 0.6) is 0 Å². The molecule has 1 fully saturated rings. The van der Waals surface area contributed by atoms with Gasteiger partial charge in [-0.15, -0.1) is 0 Å². The Kier molecular flexibility index (Phi) is 12.6. The fraction of sp³-hybridized carbons (Fsp3) is 0.727. The molecule has 32 heavy (non-hydrogen) atoms. The molecule has 0 aliphatic carbocycles. The summed E-state index contributed by atoms with van der Waals surface area (Å²) >= 11 is 0. The second-order valence-electron chi connectivity index (χ2n) is 7.53. The van der Waals surface area contributed by atoms with Gasteiger partial charge in [-0.1, -0.05) is 13.8 Å². The summed E-state index contributed by atoms with van der Waals surface area (Å²) in [5.41, 5.74) is 0. The SMILES string of the molecule is CCOCCN(CCOCC)C(=O)[C@@H]1C[C@@H](OC(=O)/C=C/C(=O)OC)CN1C(=O)C(C)C. The molecule has 0 aromatic heterocycles. The third kappa shape index (κ3) is 8.96. The van der Waals surface area contributed by atoms with Crippen LogP contribution in [0.2, 0.25) is 0 Å². The van der Waals surface area contributed by atoms with Gasteiger partial charge in [0.1, 0.15) is 12.1 Å². The van der Waals surface area contributed by atoms with Gasteiger partial charge >= 0.3 is 11.9 Å². The number of ether oxygens (including phenoxy) is 4. The molecule has 0 bridgehead atoms. The molecule has 0 N–H and O–H groups in total. The van der Waals surface area contributed by atoms with Crippen molar-refractivity contribution in [2.24, 2.45) is 5.92 Å². The molecule has 2 amide bonds. The molecule has 0 aromatic rings. The van der Waals surface area contributed by atoms with Crippen molar-refractivity contribution in [3.63, 3.8) is 0 Å². The van der Waals surface area contributed by atoms with Crippen LogP contribution in [0.25, 0.3) is 0 Å². The van der Waals surface area contributed by atoms with Crippen LogP contribution in [0.3, 0.4) is 0 Å². The molecule has 10 heteroatoms. The number of hydrogen-bond donors (Lipinski definition) is 0. The number of esters is 2. The van der Waals surface area contributed by atoms with E-state index in [2.05, 4.69) is 4.74 Å². The minimum absolute atomic E-state index is 0.107. The summed E-state index contributed by atoms with van der Waals surface area (Å²) in [5.74, 6) is -2.17. The van der Waals surface area contributed by atoms with Gasteiger partial charge in [-0.25, -0.2) is 9.59 Å². The number of nitrogens with zero attached hydrogens (tertiary/aromatic N) is 2. The van der Waals surface area contributed by atoms with E-state index in [1.54, 1.807) is 18.7 Å². The molecule has 10 nitrogen and oxygen atoms in total. The number of carbonyl (C=O) groups is 4. The highest BCUT2D eigenvalue weighted by molar-refractivity contribution is 5.92. The standard InChI is InChI=1S/C22H36N2O8/c1-6-30-12-10-23(11-13-31-7-2)22(28)18-14-17(15-24(18)21(27)16(3)4)32-20(26)9-8-19(25)29-5/h8-9,16-18H,6-7,10-15H2,1-5H3/b9-8+/t17-,18+/m1/s1. The zero-order valence-electron chi connectivity index (χ0n) is 19.7. The summed E-state index contributed by atoms with van der Waals surface area (Å²) in [4.78, 5) is 52.4. The highest BCUT2D eigenvalue weighted by atomic mass is 16.5. The van der Waals surface area contributed by atoms with E-state index in [0.29, 0.717) is 39.5 Å². The number of rotatable bonds is 13. The summed E-state index contributed by atoms with van der Waals surface area (Å²) in [6.45, 7) is 9.91. The normalized spacial score (nSPS) is 18.2. The van der Waals surface area contributed by atoms with Gasteiger partial charge < -0.3 is 28.7 Å². The maximum absolute atomic E-state index is 13.4. The largest absolute Gasteiger partial charge is 0.466 e. The molecule has 1 aliphatic rings. The summed E-state index contributed by atoms with van der Waals surface area (Å²) < 4.78 is 20.6. The quantitative estimate of drug-likeness (QED) is 0.227. The summed E-state index contributed by atoms with van der Waals surface area (Å²) in [6, 6.07) is -0.754. The molecule has 182 valence electrons. The van der Waals surface area contributed by atoms with Crippen LogP contribution in [-0.2, 0) is 38.1 Å². The number of likely N-dealkylation sites (tertiary alicyclic amines) is 1. The lowest BCUT2D eigenvalue weighted by Gasteiger charge is -2.30. The van der Waals surface area contributed by atoms with Crippen molar-refractivity contribution < 1.29 is 38.1 Å². The lowest BCUT2D eigenvalue weighted by molar-refractivity contribution is -0.146. The van der Waals surface area contributed by atoms with Gasteiger partial charge in [0.2, 0.25) is 11.8 Å². The highest BCUT2D eigenvalue weighted by Crippen LogP contribution is 2.24. The highest BCUT2D eigenvalue weighted by Gasteiger charge is 2.43. The van der Waals surface area contributed by atoms with Crippen molar-refractivity contribution in [1.29, 1.82) is 0 Å². The Morgan fingerprint density at radius 1 is 1.00 bits per heavy atom. The molecular weight excluding hydrogens is 420 g/mol. The van der Waals surface area contributed by atoms with Crippen molar-refractivity contribution in [2.45, 2.75) is 46.3 Å². The van der Waals surface area contributed by atoms with Crippen molar-refractivity contribution in [3.05, 3.63) is 12.2 Å². The number of hydrogen-bond acceptors (Lipinski definition) is 8. The molecule has 0 saturated carbocycles. The Hall–Kier alpha value is -2.46. The van der Waals surface area contributed by atoms with E-state index in [1.807, 2.05) is 13.8 Å². The predicted octanol–water partition coefficient (Wildman–Crippen LogP) is 0.786. The first-order valence-electron chi connectivity index (χ1n) is 11.0. The van der Waals surface area contributed by atoms with Gasteiger partial charge in [-0.3, -0.25) is 9.59 Å². The first-order valence-corrected chi connectivity index (χ1v) is 11.0. The van der Waals surface area contributed by atoms with Gasteiger partial charge in [0, 0.05) is 50.8 Å². The van der Waals surface area contributed by atoms with Crippen LogP contribution in [0.4, 0.5) is 0 Å². The van der Waals surface area contributed by atoms with Crippen molar-refractivity contribution >= 4 is 23.8 Å². The molecule has 1 saturated heterocycles. The fourth-order valence-corrected chi connectivity index (χ4v) is 3.28. The molecule has 0 spiro atoms. The van der Waals surface area contributed by atoms with Gasteiger partial charge in [0.25, 0.3) is 0 Å². The number of methoxy groups -OCH3 is 1. The van der Waals surface area contributed by atoms with E-state index in [9.17, 15) is 19.2 Å². The van der Waals surface area contributed by atoms with Crippen molar-refractivity contribution in [1.82, 2.24) is 9.80 Å². The third-order valence-electron chi connectivity index (χ3n) is 4.90. The number of amides is 2. The average molecular weight is 457 g/mol. The maximum Gasteiger partial charge on any atom is 0.331 e. The second kappa shape index (κ2) is 14.6. The molecule has 0 aromatic carbocycles. The van der Waals surface area contributed by atoms with Crippen LogP contribution in [0.15, 0.2) is 12.2 Å². The maximum atomic E-state index is 13.4. The van der Waals surface area contributed by atoms with E-state index in [0.717, 1.165) is 12.2 Å². The topological polar surface area (TPSA) is 112 Å². The second-order valence-corrected chi connectivity index (χ2v) is 7.53. The minimum Gasteiger partial charge on any atom is -0.466 e. The lowest BCUT2D eigenvalue weighted by Crippen LogP contribution is -2.50. The van der Waals surface area contributed by atoms with Crippen LogP contribution in [-0.4, -0.2) is 98.9 Å². The van der Waals surface area contributed by atoms with Crippen molar-refractivity contribution in [3.8, 4) is 0 Å². The Morgan fingerprint density at radius 3 is 2.06 bits per heavy atom. The van der Waals surface area contributed by atoms with Gasteiger partial charge in [0.05, 0.1) is 26.9 Å². The molecule has 0 unspecified atom stereocenters.